The molecule has 1 aliphatic heterocycles. The molecule has 1 aromatic rings. The van der Waals surface area contributed by atoms with E-state index in [1.54, 1.807) is 7.11 Å². The molecule has 0 saturated carbocycles. The second-order valence-electron chi connectivity index (χ2n) is 5.00. The topological polar surface area (TPSA) is 50.3 Å². The van der Waals surface area contributed by atoms with Gasteiger partial charge < -0.3 is 15.0 Å². The molecule has 1 aliphatic rings. The maximum absolute atomic E-state index is 5.95. The number of piperidine rings is 1. The highest BCUT2D eigenvalue weighted by molar-refractivity contribution is 6.31. The van der Waals surface area contributed by atoms with Crippen LogP contribution in [0.25, 0.3) is 0 Å². The molecular formula is C13H21ClN4O. The highest BCUT2D eigenvalue weighted by atomic mass is 35.5. The molecule has 6 heteroatoms. The zero-order valence-corrected chi connectivity index (χ0v) is 12.3. The molecule has 0 atom stereocenters. The quantitative estimate of drug-likeness (QED) is 0.841. The zero-order chi connectivity index (χ0) is 13.7. The summed E-state index contributed by atoms with van der Waals surface area (Å²) in [6.07, 6.45) is 4.03. The minimum absolute atomic E-state index is 0.340. The number of ether oxygens (including phenoxy) is 1. The van der Waals surface area contributed by atoms with Crippen molar-refractivity contribution in [3.05, 3.63) is 11.5 Å². The van der Waals surface area contributed by atoms with E-state index >= 15 is 0 Å². The van der Waals surface area contributed by atoms with Gasteiger partial charge in [0, 0.05) is 13.1 Å². The molecule has 0 aliphatic carbocycles. The van der Waals surface area contributed by atoms with Gasteiger partial charge in [-0.15, -0.1) is 0 Å². The largest absolute Gasteiger partial charge is 0.490 e. The molecule has 1 N–H and O–H groups in total. The predicted molar refractivity (Wildman–Crippen MR) is 76.9 cm³/mol. The van der Waals surface area contributed by atoms with Gasteiger partial charge in [0.25, 0.3) is 0 Å². The van der Waals surface area contributed by atoms with E-state index in [9.17, 15) is 0 Å². The number of nitrogens with one attached hydrogen (secondary N) is 1. The lowest BCUT2D eigenvalue weighted by Crippen LogP contribution is -2.36. The van der Waals surface area contributed by atoms with Crippen molar-refractivity contribution >= 4 is 17.4 Å². The van der Waals surface area contributed by atoms with Crippen molar-refractivity contribution in [1.82, 2.24) is 14.9 Å². The maximum atomic E-state index is 5.95. The molecule has 0 radical (unpaired) electrons. The lowest BCUT2D eigenvalue weighted by molar-refractivity contribution is 0.199. The molecule has 0 bridgehead atoms. The Kier molecular flexibility index (Phi) is 5.22. The number of halogens is 1. The molecule has 1 aromatic heterocycles. The minimum atomic E-state index is 0.340. The first kappa shape index (κ1) is 14.3. The van der Waals surface area contributed by atoms with Gasteiger partial charge in [0.05, 0.1) is 7.11 Å². The van der Waals surface area contributed by atoms with E-state index in [1.807, 2.05) is 0 Å². The van der Waals surface area contributed by atoms with Crippen molar-refractivity contribution in [2.24, 2.45) is 5.92 Å². The van der Waals surface area contributed by atoms with E-state index in [0.29, 0.717) is 16.7 Å². The second-order valence-corrected chi connectivity index (χ2v) is 5.36. The lowest BCUT2D eigenvalue weighted by atomic mass is 9.99. The SMILES string of the molecule is COc1c(Cl)ncnc1NCCN1CCC(C)CC1. The van der Waals surface area contributed by atoms with Gasteiger partial charge in [-0.05, 0) is 31.8 Å². The molecule has 1 saturated heterocycles. The predicted octanol–water partition coefficient (Wildman–Crippen LogP) is 2.28. The summed E-state index contributed by atoms with van der Waals surface area (Å²) >= 11 is 5.95. The van der Waals surface area contributed by atoms with E-state index in [0.717, 1.165) is 19.0 Å². The molecule has 0 aromatic carbocycles. The van der Waals surface area contributed by atoms with Gasteiger partial charge in [-0.25, -0.2) is 9.97 Å². The Morgan fingerprint density at radius 2 is 2.16 bits per heavy atom. The smallest absolute Gasteiger partial charge is 0.198 e. The van der Waals surface area contributed by atoms with Gasteiger partial charge in [0.1, 0.15) is 6.33 Å². The maximum Gasteiger partial charge on any atom is 0.198 e. The summed E-state index contributed by atoms with van der Waals surface area (Å²) in [7, 11) is 1.57. The Labute approximate surface area is 119 Å². The van der Waals surface area contributed by atoms with E-state index in [1.165, 1.54) is 32.3 Å². The van der Waals surface area contributed by atoms with Crippen LogP contribution in [0, 0.1) is 5.92 Å². The van der Waals surface area contributed by atoms with Crippen LogP contribution in [0.2, 0.25) is 5.15 Å². The van der Waals surface area contributed by atoms with Crippen LogP contribution < -0.4 is 10.1 Å². The number of hydrogen-bond donors (Lipinski definition) is 1. The van der Waals surface area contributed by atoms with E-state index < -0.39 is 0 Å². The van der Waals surface area contributed by atoms with Crippen LogP contribution in [0.4, 0.5) is 5.82 Å². The van der Waals surface area contributed by atoms with Crippen molar-refractivity contribution in [1.29, 1.82) is 0 Å². The Hall–Kier alpha value is -1.07. The van der Waals surface area contributed by atoms with Crippen molar-refractivity contribution < 1.29 is 4.74 Å². The summed E-state index contributed by atoms with van der Waals surface area (Å²) in [6.45, 7) is 6.54. The van der Waals surface area contributed by atoms with E-state index in [-0.39, 0.29) is 0 Å². The Morgan fingerprint density at radius 1 is 1.42 bits per heavy atom. The summed E-state index contributed by atoms with van der Waals surface area (Å²) in [4.78, 5) is 10.5. The number of hydrogen-bond acceptors (Lipinski definition) is 5. The zero-order valence-electron chi connectivity index (χ0n) is 11.5. The number of likely N-dealkylation sites (tertiary alicyclic amines) is 1. The number of methoxy groups -OCH3 is 1. The van der Waals surface area contributed by atoms with Crippen LogP contribution in [0.3, 0.4) is 0 Å². The van der Waals surface area contributed by atoms with Gasteiger partial charge >= 0.3 is 0 Å². The number of anilines is 1. The molecule has 2 heterocycles. The van der Waals surface area contributed by atoms with Crippen LogP contribution in [-0.2, 0) is 0 Å². The van der Waals surface area contributed by atoms with Crippen molar-refractivity contribution in [3.63, 3.8) is 0 Å². The lowest BCUT2D eigenvalue weighted by Gasteiger charge is -2.30. The molecule has 19 heavy (non-hydrogen) atoms. The van der Waals surface area contributed by atoms with Crippen molar-refractivity contribution in [3.8, 4) is 5.75 Å². The fraction of sp³-hybridized carbons (Fsp3) is 0.692. The molecule has 5 nitrogen and oxygen atoms in total. The monoisotopic (exact) mass is 284 g/mol. The van der Waals surface area contributed by atoms with Gasteiger partial charge in [-0.1, -0.05) is 18.5 Å². The third kappa shape index (κ3) is 3.94. The number of nitrogens with zero attached hydrogens (tertiary/aromatic N) is 3. The Bertz CT molecular complexity index is 408. The van der Waals surface area contributed by atoms with Crippen LogP contribution in [0.5, 0.6) is 5.75 Å². The highest BCUT2D eigenvalue weighted by Crippen LogP contribution is 2.28. The summed E-state index contributed by atoms with van der Waals surface area (Å²) in [5, 5.41) is 3.60. The summed E-state index contributed by atoms with van der Waals surface area (Å²) < 4.78 is 5.20. The van der Waals surface area contributed by atoms with Gasteiger partial charge in [0.15, 0.2) is 16.7 Å². The summed E-state index contributed by atoms with van der Waals surface area (Å²) in [5.74, 6) is 2.04. The van der Waals surface area contributed by atoms with Crippen molar-refractivity contribution in [2.75, 3.05) is 38.6 Å². The minimum Gasteiger partial charge on any atom is -0.490 e. The van der Waals surface area contributed by atoms with Crippen LogP contribution in [-0.4, -0.2) is 48.2 Å². The van der Waals surface area contributed by atoms with Gasteiger partial charge in [-0.2, -0.15) is 0 Å². The fourth-order valence-electron chi connectivity index (χ4n) is 2.28. The standard InChI is InChI=1S/C13H21ClN4O/c1-10-3-6-18(7-4-10)8-5-15-13-11(19-2)12(14)16-9-17-13/h9-10H,3-8H2,1-2H3,(H,15,16,17). The van der Waals surface area contributed by atoms with E-state index in [4.69, 9.17) is 16.3 Å². The molecule has 1 fully saturated rings. The van der Waals surface area contributed by atoms with Crippen LogP contribution in [0.15, 0.2) is 6.33 Å². The molecule has 0 unspecified atom stereocenters. The third-order valence-corrected chi connectivity index (χ3v) is 3.83. The second kappa shape index (κ2) is 6.91. The van der Waals surface area contributed by atoms with Crippen LogP contribution in [0.1, 0.15) is 19.8 Å². The summed E-state index contributed by atoms with van der Waals surface area (Å²) in [6, 6.07) is 0. The Morgan fingerprint density at radius 3 is 2.84 bits per heavy atom. The molecular weight excluding hydrogens is 264 g/mol. The van der Waals surface area contributed by atoms with E-state index in [2.05, 4.69) is 27.1 Å². The number of aromatic nitrogens is 2. The highest BCUT2D eigenvalue weighted by Gasteiger charge is 2.15. The molecule has 0 spiro atoms. The first-order valence-corrected chi connectivity index (χ1v) is 7.09. The normalized spacial score (nSPS) is 17.4. The Balaban J connectivity index is 1.81. The average Bonchev–Trinajstić information content (AvgIpc) is 2.41. The number of rotatable bonds is 5. The first-order valence-electron chi connectivity index (χ1n) is 6.71. The van der Waals surface area contributed by atoms with Gasteiger partial charge in [-0.3, -0.25) is 0 Å². The van der Waals surface area contributed by atoms with Crippen molar-refractivity contribution in [2.45, 2.75) is 19.8 Å². The summed E-state index contributed by atoms with van der Waals surface area (Å²) in [5.41, 5.74) is 0. The average molecular weight is 285 g/mol. The third-order valence-electron chi connectivity index (χ3n) is 3.56. The first-order chi connectivity index (χ1) is 9.20. The molecule has 2 rings (SSSR count). The molecule has 0 amide bonds. The van der Waals surface area contributed by atoms with Crippen LogP contribution >= 0.6 is 11.6 Å². The molecule has 106 valence electrons. The fourth-order valence-corrected chi connectivity index (χ4v) is 2.49. The van der Waals surface area contributed by atoms with Gasteiger partial charge in [0.2, 0.25) is 0 Å².